The van der Waals surface area contributed by atoms with Crippen molar-refractivity contribution >= 4 is 33.2 Å². The van der Waals surface area contributed by atoms with Crippen molar-refractivity contribution in [3.05, 3.63) is 45.9 Å². The summed E-state index contributed by atoms with van der Waals surface area (Å²) in [5.74, 6) is 0.195. The number of carbonyl (C=O) groups excluding carboxylic acids is 1. The Bertz CT molecular complexity index is 633. The molecule has 116 valence electrons. The van der Waals surface area contributed by atoms with Gasteiger partial charge in [-0.1, -0.05) is 45.5 Å². The van der Waals surface area contributed by atoms with Crippen molar-refractivity contribution in [3.8, 4) is 5.19 Å². The quantitative estimate of drug-likeness (QED) is 0.796. The second-order valence-corrected chi connectivity index (χ2v) is 6.97. The highest BCUT2D eigenvalue weighted by Crippen LogP contribution is 2.22. The maximum atomic E-state index is 12.3. The minimum absolute atomic E-state index is 0.0681. The first-order valence-electron chi connectivity index (χ1n) is 7.29. The Labute approximate surface area is 142 Å². The number of hydrogen-bond donors (Lipinski definition) is 0. The zero-order chi connectivity index (χ0) is 15.4. The van der Waals surface area contributed by atoms with Crippen LogP contribution in [0.15, 0.2) is 40.3 Å². The smallest absolute Gasteiger partial charge is 0.273 e. The van der Waals surface area contributed by atoms with Gasteiger partial charge < -0.3 is 9.64 Å². The predicted octanol–water partition coefficient (Wildman–Crippen LogP) is 3.52. The van der Waals surface area contributed by atoms with Crippen LogP contribution in [-0.2, 0) is 11.2 Å². The minimum atomic E-state index is 0.0681. The van der Waals surface area contributed by atoms with E-state index in [9.17, 15) is 4.79 Å². The maximum Gasteiger partial charge on any atom is 0.273 e. The third-order valence-electron chi connectivity index (χ3n) is 3.74. The lowest BCUT2D eigenvalue weighted by molar-refractivity contribution is -0.130. The fraction of sp³-hybridized carbons (Fsp3) is 0.375. The molecular formula is C16H17BrN2O2S. The molecule has 2 aromatic rings. The number of carbonyl (C=O) groups is 1. The molecule has 1 aliphatic heterocycles. The standard InChI is InChI=1S/C16H17BrN2O2S/c17-14-4-2-1-3-12(14)5-6-15(20)19-9-7-13(11-19)21-16-18-8-10-22-16/h1-4,8,10,13H,5-7,9,11H2. The van der Waals surface area contributed by atoms with E-state index >= 15 is 0 Å². The minimum Gasteiger partial charge on any atom is -0.465 e. The lowest BCUT2D eigenvalue weighted by Crippen LogP contribution is -2.31. The van der Waals surface area contributed by atoms with E-state index in [1.807, 2.05) is 28.5 Å². The van der Waals surface area contributed by atoms with Gasteiger partial charge in [0, 0.05) is 35.4 Å². The molecule has 0 spiro atoms. The summed E-state index contributed by atoms with van der Waals surface area (Å²) in [7, 11) is 0. The van der Waals surface area contributed by atoms with Crippen molar-refractivity contribution in [1.82, 2.24) is 9.88 Å². The third-order valence-corrected chi connectivity index (χ3v) is 5.18. The lowest BCUT2D eigenvalue weighted by Gasteiger charge is -2.16. The Morgan fingerprint density at radius 2 is 2.32 bits per heavy atom. The van der Waals surface area contributed by atoms with E-state index in [0.717, 1.165) is 23.9 Å². The average Bonchev–Trinajstić information content (AvgIpc) is 3.18. The molecule has 1 atom stereocenters. The molecule has 22 heavy (non-hydrogen) atoms. The molecule has 1 saturated heterocycles. The Morgan fingerprint density at radius 1 is 1.45 bits per heavy atom. The number of thiazole rings is 1. The number of rotatable bonds is 5. The average molecular weight is 381 g/mol. The first-order valence-corrected chi connectivity index (χ1v) is 8.97. The highest BCUT2D eigenvalue weighted by molar-refractivity contribution is 9.10. The van der Waals surface area contributed by atoms with Gasteiger partial charge in [0.05, 0.1) is 6.54 Å². The Morgan fingerprint density at radius 3 is 3.09 bits per heavy atom. The summed E-state index contributed by atoms with van der Waals surface area (Å²) in [6.45, 7) is 1.43. The summed E-state index contributed by atoms with van der Waals surface area (Å²) in [5, 5.41) is 2.58. The molecule has 3 rings (SSSR count). The topological polar surface area (TPSA) is 42.4 Å². The zero-order valence-corrected chi connectivity index (χ0v) is 14.5. The molecule has 0 N–H and O–H groups in total. The van der Waals surface area contributed by atoms with Gasteiger partial charge in [0.2, 0.25) is 5.91 Å². The summed E-state index contributed by atoms with van der Waals surface area (Å²) in [6.07, 6.45) is 3.97. The number of benzene rings is 1. The maximum absolute atomic E-state index is 12.3. The summed E-state index contributed by atoms with van der Waals surface area (Å²) < 4.78 is 6.85. The first-order chi connectivity index (χ1) is 10.7. The van der Waals surface area contributed by atoms with Crippen LogP contribution in [0.5, 0.6) is 5.19 Å². The molecule has 1 aromatic heterocycles. The number of ether oxygens (including phenoxy) is 1. The fourth-order valence-electron chi connectivity index (χ4n) is 2.56. The largest absolute Gasteiger partial charge is 0.465 e. The van der Waals surface area contributed by atoms with Gasteiger partial charge in [0.1, 0.15) is 6.10 Å². The molecule has 0 saturated carbocycles. The van der Waals surface area contributed by atoms with Gasteiger partial charge in [-0.3, -0.25) is 4.79 Å². The van der Waals surface area contributed by atoms with Crippen molar-refractivity contribution < 1.29 is 9.53 Å². The number of halogens is 1. The molecule has 6 heteroatoms. The molecule has 1 aromatic carbocycles. The van der Waals surface area contributed by atoms with E-state index in [0.29, 0.717) is 18.2 Å². The van der Waals surface area contributed by atoms with Crippen LogP contribution in [-0.4, -0.2) is 35.0 Å². The van der Waals surface area contributed by atoms with Gasteiger partial charge in [-0.2, -0.15) is 0 Å². The van der Waals surface area contributed by atoms with E-state index in [2.05, 4.69) is 27.0 Å². The highest BCUT2D eigenvalue weighted by atomic mass is 79.9. The van der Waals surface area contributed by atoms with E-state index in [4.69, 9.17) is 4.74 Å². The zero-order valence-electron chi connectivity index (χ0n) is 12.1. The van der Waals surface area contributed by atoms with Crippen LogP contribution in [0.3, 0.4) is 0 Å². The molecule has 0 radical (unpaired) electrons. The fourth-order valence-corrected chi connectivity index (χ4v) is 3.60. The Kier molecular flexibility index (Phi) is 5.10. The van der Waals surface area contributed by atoms with Gasteiger partial charge >= 0.3 is 0 Å². The number of nitrogens with zero attached hydrogens (tertiary/aromatic N) is 2. The summed E-state index contributed by atoms with van der Waals surface area (Å²) >= 11 is 5.01. The highest BCUT2D eigenvalue weighted by Gasteiger charge is 2.27. The second kappa shape index (κ2) is 7.24. The predicted molar refractivity (Wildman–Crippen MR) is 90.2 cm³/mol. The molecule has 2 heterocycles. The van der Waals surface area contributed by atoms with Gasteiger partial charge in [-0.05, 0) is 18.1 Å². The first kappa shape index (κ1) is 15.5. The van der Waals surface area contributed by atoms with Crippen LogP contribution in [0.25, 0.3) is 0 Å². The normalized spacial score (nSPS) is 17.7. The van der Waals surface area contributed by atoms with Crippen molar-refractivity contribution in [3.63, 3.8) is 0 Å². The van der Waals surface area contributed by atoms with E-state index in [-0.39, 0.29) is 12.0 Å². The Hall–Kier alpha value is -1.40. The van der Waals surface area contributed by atoms with Crippen LogP contribution in [0.1, 0.15) is 18.4 Å². The number of likely N-dealkylation sites (tertiary alicyclic amines) is 1. The third kappa shape index (κ3) is 3.87. The van der Waals surface area contributed by atoms with Gasteiger partial charge in [-0.15, -0.1) is 0 Å². The molecule has 1 amide bonds. The SMILES string of the molecule is O=C(CCc1ccccc1Br)N1CCC(Oc2nccs2)C1. The van der Waals surface area contributed by atoms with Gasteiger partial charge in [0.15, 0.2) is 0 Å². The number of aryl methyl sites for hydroxylation is 1. The number of hydrogen-bond acceptors (Lipinski definition) is 4. The van der Waals surface area contributed by atoms with Crippen molar-refractivity contribution in [2.75, 3.05) is 13.1 Å². The van der Waals surface area contributed by atoms with Crippen LogP contribution in [0, 0.1) is 0 Å². The summed E-state index contributed by atoms with van der Waals surface area (Å²) in [4.78, 5) is 18.3. The molecule has 0 bridgehead atoms. The van der Waals surface area contributed by atoms with Crippen molar-refractivity contribution in [1.29, 1.82) is 0 Å². The van der Waals surface area contributed by atoms with E-state index in [1.54, 1.807) is 6.20 Å². The van der Waals surface area contributed by atoms with Crippen LogP contribution in [0.2, 0.25) is 0 Å². The van der Waals surface area contributed by atoms with Crippen LogP contribution < -0.4 is 4.74 Å². The van der Waals surface area contributed by atoms with E-state index in [1.165, 1.54) is 16.9 Å². The van der Waals surface area contributed by atoms with Crippen molar-refractivity contribution in [2.45, 2.75) is 25.4 Å². The summed E-state index contributed by atoms with van der Waals surface area (Å²) in [6, 6.07) is 8.04. The second-order valence-electron chi connectivity index (χ2n) is 5.26. The van der Waals surface area contributed by atoms with E-state index < -0.39 is 0 Å². The van der Waals surface area contributed by atoms with Gasteiger partial charge in [0.25, 0.3) is 5.19 Å². The molecule has 1 unspecified atom stereocenters. The monoisotopic (exact) mass is 380 g/mol. The van der Waals surface area contributed by atoms with Crippen LogP contribution >= 0.6 is 27.3 Å². The number of amides is 1. The molecule has 1 aliphatic rings. The number of aromatic nitrogens is 1. The summed E-state index contributed by atoms with van der Waals surface area (Å²) in [5.41, 5.74) is 1.17. The van der Waals surface area contributed by atoms with Crippen molar-refractivity contribution in [2.24, 2.45) is 0 Å². The lowest BCUT2D eigenvalue weighted by atomic mass is 10.1. The van der Waals surface area contributed by atoms with Gasteiger partial charge in [-0.25, -0.2) is 4.98 Å². The molecular weight excluding hydrogens is 364 g/mol. The molecule has 1 fully saturated rings. The molecule has 0 aliphatic carbocycles. The molecule has 4 nitrogen and oxygen atoms in total. The Balaban J connectivity index is 1.48. The van der Waals surface area contributed by atoms with Crippen LogP contribution in [0.4, 0.5) is 0 Å².